The molecule has 0 spiro atoms. The highest BCUT2D eigenvalue weighted by Crippen LogP contribution is 2.39. The normalized spacial score (nSPS) is 18.2. The zero-order valence-corrected chi connectivity index (χ0v) is 13.4. The molecule has 1 saturated carbocycles. The summed E-state index contributed by atoms with van der Waals surface area (Å²) in [4.78, 5) is 11.7. The predicted molar refractivity (Wildman–Crippen MR) is 91.9 cm³/mol. The molecule has 3 N–H and O–H groups in total. The van der Waals surface area contributed by atoms with Gasteiger partial charge in [0.25, 0.3) is 0 Å². The third kappa shape index (κ3) is 2.48. The third-order valence-electron chi connectivity index (χ3n) is 4.63. The summed E-state index contributed by atoms with van der Waals surface area (Å²) in [5.74, 6) is 2.97. The maximum absolute atomic E-state index is 4.75. The van der Waals surface area contributed by atoms with Crippen LogP contribution in [0.5, 0.6) is 0 Å². The first-order valence-electron chi connectivity index (χ1n) is 8.50. The zero-order chi connectivity index (χ0) is 15.9. The number of piperazine rings is 1. The van der Waals surface area contributed by atoms with E-state index in [2.05, 4.69) is 36.8 Å². The highest BCUT2D eigenvalue weighted by atomic mass is 15.3. The van der Waals surface area contributed by atoms with Gasteiger partial charge in [-0.15, -0.1) is 0 Å². The lowest BCUT2D eigenvalue weighted by molar-refractivity contribution is 0.580. The Morgan fingerprint density at radius 1 is 1.17 bits per heavy atom. The Kier molecular flexibility index (Phi) is 3.15. The number of aromatic amines is 1. The SMILES string of the molecule is c1cc2nc(N3CCNCC3)nc(Nc3cc(C4CC4)[nH]n3)n2c1. The highest BCUT2D eigenvalue weighted by molar-refractivity contribution is 5.57. The number of H-pyrrole nitrogens is 1. The molecule has 24 heavy (non-hydrogen) atoms. The lowest BCUT2D eigenvalue weighted by atomic mass is 10.3. The summed E-state index contributed by atoms with van der Waals surface area (Å²) in [6.07, 6.45) is 4.47. The van der Waals surface area contributed by atoms with E-state index in [0.717, 1.165) is 49.5 Å². The summed E-state index contributed by atoms with van der Waals surface area (Å²) in [7, 11) is 0. The molecule has 1 saturated heterocycles. The van der Waals surface area contributed by atoms with Crippen molar-refractivity contribution in [1.82, 2.24) is 29.9 Å². The molecule has 3 aromatic rings. The van der Waals surface area contributed by atoms with Gasteiger partial charge in [0.15, 0.2) is 5.82 Å². The van der Waals surface area contributed by atoms with E-state index >= 15 is 0 Å². The molecule has 1 aliphatic carbocycles. The summed E-state index contributed by atoms with van der Waals surface area (Å²) in [5, 5.41) is 14.2. The van der Waals surface area contributed by atoms with Crippen LogP contribution in [0.15, 0.2) is 24.4 Å². The van der Waals surface area contributed by atoms with Crippen LogP contribution in [0.1, 0.15) is 24.5 Å². The van der Waals surface area contributed by atoms with Crippen molar-refractivity contribution in [1.29, 1.82) is 0 Å². The first-order chi connectivity index (χ1) is 11.9. The molecule has 2 aliphatic rings. The Bertz CT molecular complexity index is 856. The Morgan fingerprint density at radius 2 is 2.04 bits per heavy atom. The summed E-state index contributed by atoms with van der Waals surface area (Å²) in [6, 6.07) is 6.06. The van der Waals surface area contributed by atoms with Gasteiger partial charge in [-0.1, -0.05) is 0 Å². The average molecular weight is 324 g/mol. The number of anilines is 3. The molecule has 0 amide bonds. The molecule has 0 atom stereocenters. The minimum absolute atomic E-state index is 0.654. The molecule has 0 bridgehead atoms. The van der Waals surface area contributed by atoms with E-state index < -0.39 is 0 Å². The Hall–Kier alpha value is -2.61. The van der Waals surface area contributed by atoms with Crippen LogP contribution in [0.2, 0.25) is 0 Å². The van der Waals surface area contributed by atoms with E-state index in [1.54, 1.807) is 0 Å². The standard InChI is InChI=1S/C16H20N8/c1-2-14-19-15(23-8-5-17-6-9-23)20-16(24(14)7-1)18-13-10-12(21-22-13)11-3-4-11/h1-2,7,10-11,17H,3-6,8-9H2,(H2,18,19,20,21,22). The second kappa shape index (κ2) is 5.48. The van der Waals surface area contributed by atoms with Crippen molar-refractivity contribution < 1.29 is 0 Å². The van der Waals surface area contributed by atoms with Gasteiger partial charge in [-0.3, -0.25) is 9.50 Å². The molecular weight excluding hydrogens is 304 g/mol. The van der Waals surface area contributed by atoms with E-state index in [1.165, 1.54) is 18.5 Å². The molecule has 1 aliphatic heterocycles. The first kappa shape index (κ1) is 13.8. The van der Waals surface area contributed by atoms with Gasteiger partial charge in [-0.25, -0.2) is 0 Å². The van der Waals surface area contributed by atoms with Gasteiger partial charge in [-0.05, 0) is 25.0 Å². The van der Waals surface area contributed by atoms with Crippen molar-refractivity contribution in [2.24, 2.45) is 0 Å². The first-order valence-corrected chi connectivity index (χ1v) is 8.50. The Balaban J connectivity index is 1.49. The van der Waals surface area contributed by atoms with Gasteiger partial charge < -0.3 is 15.5 Å². The molecule has 0 radical (unpaired) electrons. The number of fused-ring (bicyclic) bond motifs is 1. The quantitative estimate of drug-likeness (QED) is 0.674. The van der Waals surface area contributed by atoms with Crippen molar-refractivity contribution >= 4 is 23.4 Å². The van der Waals surface area contributed by atoms with Gasteiger partial charge in [0.05, 0.1) is 0 Å². The van der Waals surface area contributed by atoms with Gasteiger partial charge in [0, 0.05) is 50.1 Å². The zero-order valence-electron chi connectivity index (χ0n) is 13.4. The van der Waals surface area contributed by atoms with Crippen LogP contribution in [0, 0.1) is 0 Å². The van der Waals surface area contributed by atoms with Gasteiger partial charge in [0.2, 0.25) is 11.9 Å². The molecular formula is C16H20N8. The van der Waals surface area contributed by atoms with Crippen LogP contribution in [-0.4, -0.2) is 50.7 Å². The fourth-order valence-electron chi connectivity index (χ4n) is 3.13. The lowest BCUT2D eigenvalue weighted by Gasteiger charge is -2.27. The van der Waals surface area contributed by atoms with Crippen molar-refractivity contribution in [2.75, 3.05) is 36.4 Å². The summed E-state index contributed by atoms with van der Waals surface area (Å²) in [5.41, 5.74) is 2.09. The topological polar surface area (TPSA) is 86.2 Å². The minimum Gasteiger partial charge on any atom is -0.338 e. The molecule has 124 valence electrons. The molecule has 0 unspecified atom stereocenters. The molecule has 3 aromatic heterocycles. The fraction of sp³-hybridized carbons (Fsp3) is 0.438. The van der Waals surface area contributed by atoms with Crippen molar-refractivity contribution in [3.63, 3.8) is 0 Å². The van der Waals surface area contributed by atoms with Crippen LogP contribution < -0.4 is 15.5 Å². The largest absolute Gasteiger partial charge is 0.338 e. The smallest absolute Gasteiger partial charge is 0.230 e. The third-order valence-corrected chi connectivity index (χ3v) is 4.63. The van der Waals surface area contributed by atoms with Crippen LogP contribution in [0.25, 0.3) is 5.65 Å². The van der Waals surface area contributed by atoms with Crippen molar-refractivity contribution in [3.05, 3.63) is 30.1 Å². The molecule has 4 heterocycles. The van der Waals surface area contributed by atoms with E-state index in [9.17, 15) is 0 Å². The summed E-state index contributed by atoms with van der Waals surface area (Å²) in [6.45, 7) is 3.76. The van der Waals surface area contributed by atoms with Gasteiger partial charge in [-0.2, -0.15) is 15.1 Å². The highest BCUT2D eigenvalue weighted by Gasteiger charge is 2.25. The molecule has 8 nitrogen and oxygen atoms in total. The molecule has 5 rings (SSSR count). The number of aromatic nitrogens is 5. The second-order valence-corrected chi connectivity index (χ2v) is 6.43. The number of rotatable bonds is 4. The van der Waals surface area contributed by atoms with Gasteiger partial charge in [0.1, 0.15) is 5.65 Å². The molecule has 8 heteroatoms. The number of nitrogens with zero attached hydrogens (tertiary/aromatic N) is 5. The van der Waals surface area contributed by atoms with Crippen LogP contribution in [0.4, 0.5) is 17.7 Å². The fourth-order valence-corrected chi connectivity index (χ4v) is 3.13. The Morgan fingerprint density at radius 3 is 2.88 bits per heavy atom. The van der Waals surface area contributed by atoms with Gasteiger partial charge >= 0.3 is 0 Å². The van der Waals surface area contributed by atoms with Crippen molar-refractivity contribution in [3.8, 4) is 0 Å². The number of hydrogen-bond donors (Lipinski definition) is 3. The van der Waals surface area contributed by atoms with E-state index in [-0.39, 0.29) is 0 Å². The van der Waals surface area contributed by atoms with Crippen LogP contribution in [0.3, 0.4) is 0 Å². The second-order valence-electron chi connectivity index (χ2n) is 6.43. The molecule has 2 fully saturated rings. The number of nitrogens with one attached hydrogen (secondary N) is 3. The predicted octanol–water partition coefficient (Wildman–Crippen LogP) is 1.48. The Labute approximate surface area is 139 Å². The van der Waals surface area contributed by atoms with Crippen LogP contribution >= 0.6 is 0 Å². The minimum atomic E-state index is 0.654. The van der Waals surface area contributed by atoms with Crippen molar-refractivity contribution in [2.45, 2.75) is 18.8 Å². The summed E-state index contributed by atoms with van der Waals surface area (Å²) < 4.78 is 1.96. The number of hydrogen-bond acceptors (Lipinski definition) is 6. The van der Waals surface area contributed by atoms with Crippen LogP contribution in [-0.2, 0) is 0 Å². The maximum Gasteiger partial charge on any atom is 0.230 e. The molecule has 0 aromatic carbocycles. The monoisotopic (exact) mass is 324 g/mol. The van der Waals surface area contributed by atoms with E-state index in [4.69, 9.17) is 4.98 Å². The van der Waals surface area contributed by atoms with E-state index in [1.807, 2.05) is 22.7 Å². The lowest BCUT2D eigenvalue weighted by Crippen LogP contribution is -2.44. The maximum atomic E-state index is 4.75. The van der Waals surface area contributed by atoms with E-state index in [0.29, 0.717) is 5.92 Å². The summed E-state index contributed by atoms with van der Waals surface area (Å²) >= 11 is 0. The average Bonchev–Trinajstić information content (AvgIpc) is 3.17.